The summed E-state index contributed by atoms with van der Waals surface area (Å²) in [6.45, 7) is 9.75. The van der Waals surface area contributed by atoms with Gasteiger partial charge in [0.1, 0.15) is 0 Å². The standard InChI is InChI=1S/C12H25.C8H8.Na.H2O4S/c1-3-5-7-9-11-12-10-8-6-4-2;1-2-8-6-4-3-5-7-8;;1-5(2,3)4/h1,3-12H2,2H3;2-7H,1H2;;(H2,1,2,3,4)/q-1;;+1;. The van der Waals surface area contributed by atoms with Crippen LogP contribution in [0.15, 0.2) is 36.9 Å². The van der Waals surface area contributed by atoms with Gasteiger partial charge in [-0.25, -0.2) is 0 Å². The van der Waals surface area contributed by atoms with E-state index in [4.69, 9.17) is 17.5 Å². The van der Waals surface area contributed by atoms with Crippen molar-refractivity contribution < 1.29 is 47.1 Å². The zero-order valence-electron chi connectivity index (χ0n) is 16.6. The van der Waals surface area contributed by atoms with Gasteiger partial charge >= 0.3 is 40.0 Å². The van der Waals surface area contributed by atoms with Gasteiger partial charge in [-0.2, -0.15) is 14.8 Å². The summed E-state index contributed by atoms with van der Waals surface area (Å²) in [5.74, 6) is 0. The third kappa shape index (κ3) is 35.0. The second kappa shape index (κ2) is 22.9. The van der Waals surface area contributed by atoms with E-state index in [1.807, 2.05) is 36.4 Å². The van der Waals surface area contributed by atoms with Crippen LogP contribution in [0.3, 0.4) is 0 Å². The molecule has 0 amide bonds. The molecule has 26 heavy (non-hydrogen) atoms. The number of rotatable bonds is 10. The number of hydrogen-bond donors (Lipinski definition) is 2. The van der Waals surface area contributed by atoms with Crippen LogP contribution in [-0.4, -0.2) is 17.5 Å². The van der Waals surface area contributed by atoms with Crippen LogP contribution in [0.4, 0.5) is 0 Å². The van der Waals surface area contributed by atoms with E-state index in [0.29, 0.717) is 0 Å². The normalized spacial score (nSPS) is 9.69. The molecule has 0 aliphatic rings. The molecule has 1 aromatic rings. The summed E-state index contributed by atoms with van der Waals surface area (Å²) >= 11 is 0. The average Bonchev–Trinajstić information content (AvgIpc) is 2.57. The van der Waals surface area contributed by atoms with E-state index < -0.39 is 10.4 Å². The van der Waals surface area contributed by atoms with Crippen molar-refractivity contribution in [2.75, 3.05) is 0 Å². The molecule has 0 aromatic heterocycles. The van der Waals surface area contributed by atoms with E-state index >= 15 is 0 Å². The Kier molecular flexibility index (Phi) is 26.9. The summed E-state index contributed by atoms with van der Waals surface area (Å²) < 4.78 is 31.6. The molecular formula is C20H35NaO4S. The van der Waals surface area contributed by atoms with Crippen LogP contribution in [-0.2, 0) is 10.4 Å². The van der Waals surface area contributed by atoms with Gasteiger partial charge in [-0.15, -0.1) is 0 Å². The predicted octanol–water partition coefficient (Wildman–Crippen LogP) is 3.42. The predicted molar refractivity (Wildman–Crippen MR) is 108 cm³/mol. The second-order valence-corrected chi connectivity index (χ2v) is 6.64. The number of benzene rings is 1. The summed E-state index contributed by atoms with van der Waals surface area (Å²) in [5.41, 5.74) is 1.17. The second-order valence-electron chi connectivity index (χ2n) is 5.74. The maximum Gasteiger partial charge on any atom is 1.00 e. The molecule has 0 fully saturated rings. The Morgan fingerprint density at radius 1 is 0.923 bits per heavy atom. The fourth-order valence-electron chi connectivity index (χ4n) is 2.08. The zero-order chi connectivity index (χ0) is 19.4. The van der Waals surface area contributed by atoms with E-state index in [1.165, 1.54) is 63.4 Å². The van der Waals surface area contributed by atoms with E-state index in [9.17, 15) is 0 Å². The average molecular weight is 395 g/mol. The maximum atomic E-state index is 8.74. The van der Waals surface area contributed by atoms with Gasteiger partial charge in [0.05, 0.1) is 0 Å². The molecule has 1 aromatic carbocycles. The number of hydrogen-bond acceptors (Lipinski definition) is 2. The zero-order valence-corrected chi connectivity index (χ0v) is 19.4. The first-order valence-electron chi connectivity index (χ1n) is 9.01. The smallest absolute Gasteiger partial charge is 0.343 e. The van der Waals surface area contributed by atoms with Gasteiger partial charge in [-0.05, 0) is 5.56 Å². The summed E-state index contributed by atoms with van der Waals surface area (Å²) in [4.78, 5) is 0. The Balaban J connectivity index is -0.000000327. The summed E-state index contributed by atoms with van der Waals surface area (Å²) in [5, 5.41) is 0. The molecule has 146 valence electrons. The Morgan fingerprint density at radius 2 is 1.31 bits per heavy atom. The molecule has 0 spiro atoms. The van der Waals surface area contributed by atoms with Crippen molar-refractivity contribution >= 4 is 16.5 Å². The molecular weight excluding hydrogens is 359 g/mol. The fraction of sp³-hybridized carbons (Fsp3) is 0.550. The van der Waals surface area contributed by atoms with Crippen LogP contribution in [0.2, 0.25) is 0 Å². The van der Waals surface area contributed by atoms with Gasteiger partial charge in [-0.3, -0.25) is 9.11 Å². The van der Waals surface area contributed by atoms with Crippen molar-refractivity contribution in [3.05, 3.63) is 49.4 Å². The van der Waals surface area contributed by atoms with Crippen molar-refractivity contribution in [3.8, 4) is 0 Å². The molecule has 0 heterocycles. The molecule has 0 aliphatic carbocycles. The van der Waals surface area contributed by atoms with Crippen LogP contribution in [0.5, 0.6) is 0 Å². The van der Waals surface area contributed by atoms with Crippen molar-refractivity contribution in [2.24, 2.45) is 0 Å². The van der Waals surface area contributed by atoms with Crippen LogP contribution >= 0.6 is 0 Å². The maximum absolute atomic E-state index is 8.74. The summed E-state index contributed by atoms with van der Waals surface area (Å²) in [7, 11) is -4.67. The van der Waals surface area contributed by atoms with Gasteiger partial charge in [0.15, 0.2) is 0 Å². The monoisotopic (exact) mass is 394 g/mol. The number of unbranched alkanes of at least 4 members (excludes halogenated alkanes) is 9. The van der Waals surface area contributed by atoms with Gasteiger partial charge in [0, 0.05) is 0 Å². The molecule has 0 saturated carbocycles. The quantitative estimate of drug-likeness (QED) is 0.276. The van der Waals surface area contributed by atoms with Gasteiger partial charge in [0.2, 0.25) is 0 Å². The molecule has 0 radical (unpaired) electrons. The molecule has 0 bridgehead atoms. The van der Waals surface area contributed by atoms with Crippen molar-refractivity contribution in [1.82, 2.24) is 0 Å². The first kappa shape index (κ1) is 30.6. The minimum Gasteiger partial charge on any atom is -0.343 e. The van der Waals surface area contributed by atoms with Crippen LogP contribution < -0.4 is 29.6 Å². The third-order valence-corrected chi connectivity index (χ3v) is 3.39. The van der Waals surface area contributed by atoms with Crippen LogP contribution in [0.1, 0.15) is 76.7 Å². The van der Waals surface area contributed by atoms with E-state index in [2.05, 4.69) is 20.4 Å². The van der Waals surface area contributed by atoms with Crippen LogP contribution in [0, 0.1) is 6.92 Å². The first-order valence-corrected chi connectivity index (χ1v) is 10.4. The fourth-order valence-corrected chi connectivity index (χ4v) is 2.08. The molecule has 1 rings (SSSR count). The molecule has 0 atom stereocenters. The molecule has 4 nitrogen and oxygen atoms in total. The van der Waals surface area contributed by atoms with E-state index in [-0.39, 0.29) is 29.6 Å². The minimum atomic E-state index is -4.67. The molecule has 0 unspecified atom stereocenters. The first-order chi connectivity index (χ1) is 11.8. The topological polar surface area (TPSA) is 74.6 Å². The summed E-state index contributed by atoms with van der Waals surface area (Å²) in [6, 6.07) is 10.0. The van der Waals surface area contributed by atoms with Crippen molar-refractivity contribution in [3.63, 3.8) is 0 Å². The third-order valence-electron chi connectivity index (χ3n) is 3.39. The van der Waals surface area contributed by atoms with Crippen LogP contribution in [0.25, 0.3) is 6.08 Å². The Labute approximate surface area is 183 Å². The van der Waals surface area contributed by atoms with Gasteiger partial charge in [-0.1, -0.05) is 108 Å². The van der Waals surface area contributed by atoms with Crippen molar-refractivity contribution in [1.29, 1.82) is 0 Å². The Morgan fingerprint density at radius 3 is 1.62 bits per heavy atom. The molecule has 0 saturated heterocycles. The van der Waals surface area contributed by atoms with E-state index in [1.54, 1.807) is 0 Å². The SMILES string of the molecule is C=Cc1ccccc1.O=S(=O)(O)O.[CH2-]CCCCCCCCCCC.[Na+]. The minimum absolute atomic E-state index is 0. The van der Waals surface area contributed by atoms with Gasteiger partial charge in [0.25, 0.3) is 0 Å². The largest absolute Gasteiger partial charge is 1.00 e. The summed E-state index contributed by atoms with van der Waals surface area (Å²) in [6.07, 6.45) is 15.7. The van der Waals surface area contributed by atoms with E-state index in [0.717, 1.165) is 6.42 Å². The Bertz CT molecular complexity index is 472. The Hall–Kier alpha value is -0.170. The molecule has 0 aliphatic heterocycles. The van der Waals surface area contributed by atoms with Crippen molar-refractivity contribution in [2.45, 2.75) is 71.1 Å². The molecule has 2 N–H and O–H groups in total. The molecule has 6 heteroatoms. The van der Waals surface area contributed by atoms with Gasteiger partial charge < -0.3 is 6.92 Å².